The Labute approximate surface area is 191 Å². The van der Waals surface area contributed by atoms with E-state index in [1.165, 1.54) is 14.2 Å². The standard InChI is InChI=1S/C26H22N2O5/c1-15-8-10-16(11-9-15)23-22(24(29)17-12-13-20(31-2)21(14-17)32-3)26(33-28-23)18-6-4-5-7-19(18)27-25(26)30/h4-14,22H,1-3H3,(H,27,30). The van der Waals surface area contributed by atoms with Crippen LogP contribution in [0, 0.1) is 12.8 Å². The van der Waals surface area contributed by atoms with E-state index in [9.17, 15) is 9.59 Å². The van der Waals surface area contributed by atoms with Crippen LogP contribution in [0.15, 0.2) is 71.9 Å². The van der Waals surface area contributed by atoms with Gasteiger partial charge in [-0.05, 0) is 31.2 Å². The van der Waals surface area contributed by atoms with E-state index < -0.39 is 17.4 Å². The molecule has 33 heavy (non-hydrogen) atoms. The lowest BCUT2D eigenvalue weighted by Crippen LogP contribution is -2.46. The predicted octanol–water partition coefficient (Wildman–Crippen LogP) is 4.09. The van der Waals surface area contributed by atoms with E-state index in [0.717, 1.165) is 5.56 Å². The number of carbonyl (C=O) groups is 2. The highest BCUT2D eigenvalue weighted by molar-refractivity contribution is 6.24. The van der Waals surface area contributed by atoms with Crippen LogP contribution in [0.25, 0.3) is 0 Å². The summed E-state index contributed by atoms with van der Waals surface area (Å²) in [7, 11) is 3.03. The number of Topliss-reactive ketones (excluding diaryl/α,β-unsaturated/α-hetero) is 1. The first-order valence-corrected chi connectivity index (χ1v) is 10.5. The summed E-state index contributed by atoms with van der Waals surface area (Å²) in [6.07, 6.45) is 0. The predicted molar refractivity (Wildman–Crippen MR) is 123 cm³/mol. The van der Waals surface area contributed by atoms with Crippen LogP contribution in [0.4, 0.5) is 5.69 Å². The molecule has 7 heteroatoms. The van der Waals surface area contributed by atoms with Crippen LogP contribution in [-0.4, -0.2) is 31.6 Å². The van der Waals surface area contributed by atoms with E-state index in [-0.39, 0.29) is 5.78 Å². The number of anilines is 1. The van der Waals surface area contributed by atoms with E-state index in [1.54, 1.807) is 30.3 Å². The van der Waals surface area contributed by atoms with E-state index in [4.69, 9.17) is 14.3 Å². The highest BCUT2D eigenvalue weighted by Crippen LogP contribution is 2.50. The number of benzene rings is 3. The lowest BCUT2D eigenvalue weighted by molar-refractivity contribution is -0.140. The molecule has 5 rings (SSSR count). The number of ketones is 1. The first-order chi connectivity index (χ1) is 16.0. The lowest BCUT2D eigenvalue weighted by Gasteiger charge is -2.27. The Morgan fingerprint density at radius 1 is 1.00 bits per heavy atom. The number of carbonyl (C=O) groups excluding carboxylic acids is 2. The lowest BCUT2D eigenvalue weighted by atomic mass is 9.74. The van der Waals surface area contributed by atoms with Gasteiger partial charge in [0.2, 0.25) is 0 Å². The molecule has 1 amide bonds. The van der Waals surface area contributed by atoms with Crippen LogP contribution in [-0.2, 0) is 15.2 Å². The molecular weight excluding hydrogens is 420 g/mol. The topological polar surface area (TPSA) is 86.2 Å². The van der Waals surface area contributed by atoms with Crippen molar-refractivity contribution in [2.45, 2.75) is 12.5 Å². The zero-order valence-corrected chi connectivity index (χ0v) is 18.4. The van der Waals surface area contributed by atoms with Crippen molar-refractivity contribution in [2.24, 2.45) is 11.1 Å². The number of oxime groups is 1. The molecule has 2 aliphatic heterocycles. The average Bonchev–Trinajstić information content (AvgIpc) is 3.37. The smallest absolute Gasteiger partial charge is 0.277 e. The zero-order chi connectivity index (χ0) is 23.2. The maximum absolute atomic E-state index is 14.0. The maximum atomic E-state index is 14.0. The van der Waals surface area contributed by atoms with Crippen LogP contribution in [0.3, 0.4) is 0 Å². The SMILES string of the molecule is COc1ccc(C(=O)C2C(c3ccc(C)cc3)=NOC23C(=O)Nc2ccccc23)cc1OC. The van der Waals surface area contributed by atoms with Gasteiger partial charge in [0.05, 0.1) is 14.2 Å². The highest BCUT2D eigenvalue weighted by Gasteiger charge is 2.63. The Morgan fingerprint density at radius 3 is 2.45 bits per heavy atom. The number of nitrogens with zero attached hydrogens (tertiary/aromatic N) is 1. The van der Waals surface area contributed by atoms with Gasteiger partial charge in [-0.2, -0.15) is 0 Å². The number of ether oxygens (including phenoxy) is 2. The third-order valence-electron chi connectivity index (χ3n) is 6.16. The van der Waals surface area contributed by atoms with Gasteiger partial charge in [0.15, 0.2) is 17.3 Å². The van der Waals surface area contributed by atoms with Gasteiger partial charge in [0.1, 0.15) is 11.6 Å². The van der Waals surface area contributed by atoms with E-state index >= 15 is 0 Å². The zero-order valence-electron chi connectivity index (χ0n) is 18.4. The third-order valence-corrected chi connectivity index (χ3v) is 6.16. The molecule has 0 saturated carbocycles. The number of hydrogen-bond donors (Lipinski definition) is 1. The summed E-state index contributed by atoms with van der Waals surface area (Å²) in [4.78, 5) is 33.3. The van der Waals surface area contributed by atoms with Gasteiger partial charge in [-0.1, -0.05) is 53.2 Å². The molecule has 0 fully saturated rings. The molecule has 0 aliphatic carbocycles. The second kappa shape index (κ2) is 7.78. The molecule has 166 valence electrons. The fourth-order valence-corrected chi connectivity index (χ4v) is 4.46. The first-order valence-electron chi connectivity index (χ1n) is 10.5. The number of rotatable bonds is 5. The Hall–Kier alpha value is -4.13. The van der Waals surface area contributed by atoms with E-state index in [1.807, 2.05) is 43.3 Å². The summed E-state index contributed by atoms with van der Waals surface area (Å²) < 4.78 is 10.7. The number of hydrogen-bond acceptors (Lipinski definition) is 6. The fourth-order valence-electron chi connectivity index (χ4n) is 4.46. The highest BCUT2D eigenvalue weighted by atomic mass is 16.7. The quantitative estimate of drug-likeness (QED) is 0.602. The van der Waals surface area contributed by atoms with Gasteiger partial charge in [0.25, 0.3) is 11.5 Å². The summed E-state index contributed by atoms with van der Waals surface area (Å²) in [6.45, 7) is 1.98. The van der Waals surface area contributed by atoms with E-state index in [2.05, 4.69) is 10.5 Å². The Bertz CT molecular complexity index is 1300. The molecule has 0 aromatic heterocycles. The Kier molecular flexibility index (Phi) is 4.89. The number of fused-ring (bicyclic) bond motifs is 2. The van der Waals surface area contributed by atoms with Crippen LogP contribution in [0.2, 0.25) is 0 Å². The Balaban J connectivity index is 1.68. The molecule has 2 aliphatic rings. The van der Waals surface area contributed by atoms with Crippen molar-refractivity contribution in [1.29, 1.82) is 0 Å². The number of methoxy groups -OCH3 is 2. The summed E-state index contributed by atoms with van der Waals surface area (Å²) in [5.74, 6) is -0.806. The molecule has 1 spiro atoms. The minimum atomic E-state index is -1.60. The van der Waals surface area contributed by atoms with Crippen molar-refractivity contribution >= 4 is 23.1 Å². The molecule has 2 atom stereocenters. The molecular formula is C26H22N2O5. The monoisotopic (exact) mass is 442 g/mol. The number of para-hydroxylation sites is 1. The molecule has 2 heterocycles. The number of nitrogens with one attached hydrogen (secondary N) is 1. The van der Waals surface area contributed by atoms with Crippen molar-refractivity contribution in [2.75, 3.05) is 19.5 Å². The molecule has 0 bridgehead atoms. The molecule has 0 saturated heterocycles. The summed E-state index contributed by atoms with van der Waals surface area (Å²) >= 11 is 0. The maximum Gasteiger partial charge on any atom is 0.277 e. The average molecular weight is 442 g/mol. The molecule has 2 unspecified atom stereocenters. The van der Waals surface area contributed by atoms with Gasteiger partial charge in [-0.3, -0.25) is 9.59 Å². The Morgan fingerprint density at radius 2 is 1.73 bits per heavy atom. The third kappa shape index (κ3) is 3.08. The largest absolute Gasteiger partial charge is 0.493 e. The molecule has 3 aromatic carbocycles. The summed E-state index contributed by atoms with van der Waals surface area (Å²) in [5.41, 5.74) is 2.14. The second-order valence-corrected chi connectivity index (χ2v) is 8.04. The van der Waals surface area contributed by atoms with Gasteiger partial charge in [-0.15, -0.1) is 0 Å². The first kappa shape index (κ1) is 20.8. The van der Waals surface area contributed by atoms with Crippen molar-refractivity contribution in [3.63, 3.8) is 0 Å². The van der Waals surface area contributed by atoms with Crippen LogP contribution in [0.1, 0.15) is 27.0 Å². The summed E-state index contributed by atoms with van der Waals surface area (Å²) in [5, 5.41) is 7.16. The van der Waals surface area contributed by atoms with Crippen molar-refractivity contribution in [3.8, 4) is 11.5 Å². The van der Waals surface area contributed by atoms with Gasteiger partial charge < -0.3 is 19.6 Å². The summed E-state index contributed by atoms with van der Waals surface area (Å²) in [6, 6.07) is 19.8. The normalized spacial score (nSPS) is 20.6. The van der Waals surface area contributed by atoms with Gasteiger partial charge in [-0.25, -0.2) is 0 Å². The molecule has 7 nitrogen and oxygen atoms in total. The van der Waals surface area contributed by atoms with E-state index in [0.29, 0.717) is 39.6 Å². The number of amides is 1. The van der Waals surface area contributed by atoms with Crippen LogP contribution in [0.5, 0.6) is 11.5 Å². The van der Waals surface area contributed by atoms with Crippen molar-refractivity contribution in [3.05, 3.63) is 89.0 Å². The molecule has 1 N–H and O–H groups in total. The van der Waals surface area contributed by atoms with Crippen molar-refractivity contribution < 1.29 is 23.9 Å². The molecule has 0 radical (unpaired) electrons. The van der Waals surface area contributed by atoms with Gasteiger partial charge in [0, 0.05) is 22.4 Å². The van der Waals surface area contributed by atoms with Crippen molar-refractivity contribution in [1.82, 2.24) is 0 Å². The second-order valence-electron chi connectivity index (χ2n) is 8.04. The van der Waals surface area contributed by atoms with Gasteiger partial charge >= 0.3 is 0 Å². The minimum absolute atomic E-state index is 0.306. The van der Waals surface area contributed by atoms with Crippen LogP contribution < -0.4 is 14.8 Å². The van der Waals surface area contributed by atoms with Crippen LogP contribution >= 0.6 is 0 Å². The molecule has 3 aromatic rings. The minimum Gasteiger partial charge on any atom is -0.493 e. The fraction of sp³-hybridized carbons (Fsp3) is 0.192. The number of aryl methyl sites for hydroxylation is 1.